The molecule has 6 heteroatoms. The second kappa shape index (κ2) is 8.15. The first-order chi connectivity index (χ1) is 9.60. The molecule has 1 unspecified atom stereocenters. The standard InChI is InChI=1S/C16H25N3O2.ClH/c1-11-6-8-12(9-7-11)14(17)15(21)19(5)10-13(20)18-16(2,3)4;/h6-9,14H,10,17H2,1-5H3,(H,18,20);1H. The molecule has 0 spiro atoms. The maximum Gasteiger partial charge on any atom is 0.244 e. The highest BCUT2D eigenvalue weighted by Gasteiger charge is 2.22. The number of halogens is 1. The summed E-state index contributed by atoms with van der Waals surface area (Å²) in [4.78, 5) is 25.4. The number of hydrogen-bond acceptors (Lipinski definition) is 3. The molecule has 1 aromatic carbocycles. The molecule has 2 amide bonds. The van der Waals surface area contributed by atoms with Gasteiger partial charge >= 0.3 is 0 Å². The average Bonchev–Trinajstić information content (AvgIpc) is 2.35. The molecule has 0 saturated heterocycles. The highest BCUT2D eigenvalue weighted by molar-refractivity contribution is 5.88. The third-order valence-electron chi connectivity index (χ3n) is 2.97. The summed E-state index contributed by atoms with van der Waals surface area (Å²) >= 11 is 0. The van der Waals surface area contributed by atoms with Crippen molar-refractivity contribution < 1.29 is 9.59 Å². The molecule has 1 rings (SSSR count). The molecule has 1 aromatic rings. The number of aryl methyl sites for hydroxylation is 1. The molecule has 1 atom stereocenters. The Morgan fingerprint density at radius 2 is 1.73 bits per heavy atom. The van der Waals surface area contributed by atoms with E-state index in [2.05, 4.69) is 5.32 Å². The van der Waals surface area contributed by atoms with Gasteiger partial charge in [0.05, 0.1) is 6.54 Å². The quantitative estimate of drug-likeness (QED) is 0.885. The van der Waals surface area contributed by atoms with Crippen molar-refractivity contribution in [2.75, 3.05) is 13.6 Å². The lowest BCUT2D eigenvalue weighted by Crippen LogP contribution is -2.47. The Morgan fingerprint density at radius 3 is 2.18 bits per heavy atom. The summed E-state index contributed by atoms with van der Waals surface area (Å²) in [6.07, 6.45) is 0. The summed E-state index contributed by atoms with van der Waals surface area (Å²) in [7, 11) is 1.58. The summed E-state index contributed by atoms with van der Waals surface area (Å²) in [6, 6.07) is 6.74. The SMILES string of the molecule is Cc1ccc(C(N)C(=O)N(C)CC(=O)NC(C)(C)C)cc1.Cl. The van der Waals surface area contributed by atoms with Crippen molar-refractivity contribution in [1.82, 2.24) is 10.2 Å². The smallest absolute Gasteiger partial charge is 0.244 e. The number of nitrogens with two attached hydrogens (primary N) is 1. The van der Waals surface area contributed by atoms with Gasteiger partial charge in [-0.1, -0.05) is 29.8 Å². The number of benzene rings is 1. The number of nitrogens with zero attached hydrogens (tertiary/aromatic N) is 1. The summed E-state index contributed by atoms with van der Waals surface area (Å²) in [5.41, 5.74) is 7.50. The molecule has 22 heavy (non-hydrogen) atoms. The molecule has 0 fully saturated rings. The lowest BCUT2D eigenvalue weighted by atomic mass is 10.0. The van der Waals surface area contributed by atoms with E-state index >= 15 is 0 Å². The van der Waals surface area contributed by atoms with Gasteiger partial charge in [0, 0.05) is 12.6 Å². The van der Waals surface area contributed by atoms with Crippen LogP contribution in [-0.4, -0.2) is 35.8 Å². The molecular weight excluding hydrogens is 302 g/mol. The maximum absolute atomic E-state index is 12.3. The third kappa shape index (κ3) is 6.45. The molecule has 0 aliphatic rings. The van der Waals surface area contributed by atoms with Crippen LogP contribution in [0, 0.1) is 6.92 Å². The molecule has 0 heterocycles. The zero-order chi connectivity index (χ0) is 16.2. The van der Waals surface area contributed by atoms with Gasteiger partial charge in [-0.3, -0.25) is 9.59 Å². The second-order valence-electron chi connectivity index (χ2n) is 6.38. The van der Waals surface area contributed by atoms with E-state index in [0.29, 0.717) is 0 Å². The van der Waals surface area contributed by atoms with Crippen LogP contribution in [-0.2, 0) is 9.59 Å². The zero-order valence-corrected chi connectivity index (χ0v) is 14.7. The topological polar surface area (TPSA) is 75.4 Å². The molecule has 5 nitrogen and oxygen atoms in total. The fourth-order valence-corrected chi connectivity index (χ4v) is 1.90. The molecule has 3 N–H and O–H groups in total. The fraction of sp³-hybridized carbons (Fsp3) is 0.500. The normalized spacial score (nSPS) is 12.1. The van der Waals surface area contributed by atoms with Gasteiger partial charge in [-0.25, -0.2) is 0 Å². The van der Waals surface area contributed by atoms with E-state index in [0.717, 1.165) is 11.1 Å². The van der Waals surface area contributed by atoms with Gasteiger partial charge in [-0.2, -0.15) is 0 Å². The van der Waals surface area contributed by atoms with Crippen molar-refractivity contribution in [2.45, 2.75) is 39.3 Å². The van der Waals surface area contributed by atoms with Crippen LogP contribution in [0.5, 0.6) is 0 Å². The number of hydrogen-bond donors (Lipinski definition) is 2. The van der Waals surface area contributed by atoms with Crippen LogP contribution in [0.1, 0.15) is 37.9 Å². The molecule has 0 aliphatic carbocycles. The Labute approximate surface area is 138 Å². The van der Waals surface area contributed by atoms with Gasteiger partial charge in [-0.15, -0.1) is 12.4 Å². The molecule has 0 radical (unpaired) electrons. The molecule has 0 aliphatic heterocycles. The van der Waals surface area contributed by atoms with E-state index in [4.69, 9.17) is 5.73 Å². The highest BCUT2D eigenvalue weighted by atomic mass is 35.5. The largest absolute Gasteiger partial charge is 0.350 e. The van der Waals surface area contributed by atoms with E-state index in [1.807, 2.05) is 52.0 Å². The minimum absolute atomic E-state index is 0. The van der Waals surface area contributed by atoms with Crippen LogP contribution < -0.4 is 11.1 Å². The maximum atomic E-state index is 12.3. The second-order valence-corrected chi connectivity index (χ2v) is 6.38. The number of carbonyl (C=O) groups excluding carboxylic acids is 2. The first-order valence-corrected chi connectivity index (χ1v) is 6.98. The van der Waals surface area contributed by atoms with Gasteiger partial charge in [0.15, 0.2) is 0 Å². The summed E-state index contributed by atoms with van der Waals surface area (Å²) in [6.45, 7) is 7.65. The predicted octanol–water partition coefficient (Wildman–Crippen LogP) is 1.79. The summed E-state index contributed by atoms with van der Waals surface area (Å²) in [5.74, 6) is -0.475. The number of nitrogens with one attached hydrogen (secondary N) is 1. The van der Waals surface area contributed by atoms with E-state index in [1.165, 1.54) is 4.90 Å². The first-order valence-electron chi connectivity index (χ1n) is 6.98. The van der Waals surface area contributed by atoms with Crippen LogP contribution in [0.4, 0.5) is 0 Å². The Hall–Kier alpha value is -1.59. The summed E-state index contributed by atoms with van der Waals surface area (Å²) in [5, 5.41) is 2.82. The lowest BCUT2D eigenvalue weighted by Gasteiger charge is -2.25. The third-order valence-corrected chi connectivity index (χ3v) is 2.97. The van der Waals surface area contributed by atoms with Crippen molar-refractivity contribution in [3.05, 3.63) is 35.4 Å². The van der Waals surface area contributed by atoms with Gasteiger partial charge in [0.2, 0.25) is 11.8 Å². The lowest BCUT2D eigenvalue weighted by molar-refractivity contribution is -0.136. The minimum Gasteiger partial charge on any atom is -0.350 e. The number of carbonyl (C=O) groups is 2. The minimum atomic E-state index is -0.752. The van der Waals surface area contributed by atoms with Gasteiger partial charge in [0.25, 0.3) is 0 Å². The van der Waals surface area contributed by atoms with Crippen LogP contribution >= 0.6 is 12.4 Å². The Bertz CT molecular complexity index is 509. The van der Waals surface area contributed by atoms with Gasteiger partial charge < -0.3 is 16.0 Å². The van der Waals surface area contributed by atoms with E-state index < -0.39 is 6.04 Å². The number of amides is 2. The molecule has 124 valence electrons. The van der Waals surface area contributed by atoms with E-state index in [1.54, 1.807) is 7.05 Å². The fourth-order valence-electron chi connectivity index (χ4n) is 1.90. The summed E-state index contributed by atoms with van der Waals surface area (Å²) < 4.78 is 0. The number of rotatable bonds is 4. The van der Waals surface area contributed by atoms with Crippen molar-refractivity contribution in [1.29, 1.82) is 0 Å². The van der Waals surface area contributed by atoms with Gasteiger partial charge in [-0.05, 0) is 33.3 Å². The van der Waals surface area contributed by atoms with E-state index in [9.17, 15) is 9.59 Å². The van der Waals surface area contributed by atoms with Crippen molar-refractivity contribution >= 4 is 24.2 Å². The first kappa shape index (κ1) is 20.4. The molecule has 0 bridgehead atoms. The van der Waals surface area contributed by atoms with Crippen LogP contribution in [0.15, 0.2) is 24.3 Å². The van der Waals surface area contributed by atoms with Crippen molar-refractivity contribution in [2.24, 2.45) is 5.73 Å². The van der Waals surface area contributed by atoms with E-state index in [-0.39, 0.29) is 36.3 Å². The van der Waals surface area contributed by atoms with Crippen LogP contribution in [0.2, 0.25) is 0 Å². The Morgan fingerprint density at radius 1 is 1.23 bits per heavy atom. The zero-order valence-electron chi connectivity index (χ0n) is 13.8. The molecule has 0 aromatic heterocycles. The van der Waals surface area contributed by atoms with Crippen molar-refractivity contribution in [3.63, 3.8) is 0 Å². The van der Waals surface area contributed by atoms with Gasteiger partial charge in [0.1, 0.15) is 6.04 Å². The predicted molar refractivity (Wildman–Crippen MR) is 90.9 cm³/mol. The van der Waals surface area contributed by atoms with Crippen LogP contribution in [0.25, 0.3) is 0 Å². The van der Waals surface area contributed by atoms with Crippen LogP contribution in [0.3, 0.4) is 0 Å². The Balaban J connectivity index is 0.00000441. The average molecular weight is 328 g/mol. The Kier molecular flexibility index (Phi) is 7.56. The highest BCUT2D eigenvalue weighted by Crippen LogP contribution is 2.13. The molecule has 0 saturated carbocycles. The molecular formula is C16H26ClN3O2. The monoisotopic (exact) mass is 327 g/mol. The number of likely N-dealkylation sites (N-methyl/N-ethyl adjacent to an activating group) is 1. The van der Waals surface area contributed by atoms with Crippen molar-refractivity contribution in [3.8, 4) is 0 Å².